The van der Waals surface area contributed by atoms with E-state index in [9.17, 15) is 8.42 Å². The molecule has 0 aromatic heterocycles. The van der Waals surface area contributed by atoms with Gasteiger partial charge in [0.25, 0.3) is 0 Å². The Bertz CT molecular complexity index is 224. The maximum atomic E-state index is 11.3. The number of hydrogen-bond acceptors (Lipinski definition) is 3. The maximum Gasteiger partial charge on any atom is 0.211 e. The molecule has 1 unspecified atom stereocenters. The van der Waals surface area contributed by atoms with Crippen molar-refractivity contribution < 1.29 is 8.42 Å². The monoisotopic (exact) mass is 208 g/mol. The fourth-order valence-corrected chi connectivity index (χ4v) is 2.25. The molecule has 3 N–H and O–H groups in total. The molecule has 0 bridgehead atoms. The third-order valence-electron chi connectivity index (χ3n) is 1.98. The highest BCUT2D eigenvalue weighted by Crippen LogP contribution is 2.02. The molecule has 0 saturated heterocycles. The third kappa shape index (κ3) is 6.01. The van der Waals surface area contributed by atoms with Crippen LogP contribution in [0.15, 0.2) is 0 Å². The Kier molecular flexibility index (Phi) is 5.51. The molecule has 0 spiro atoms. The van der Waals surface area contributed by atoms with E-state index in [1.165, 1.54) is 0 Å². The summed E-state index contributed by atoms with van der Waals surface area (Å²) in [4.78, 5) is 0. The summed E-state index contributed by atoms with van der Waals surface area (Å²) in [5, 5.41) is 0. The van der Waals surface area contributed by atoms with Crippen molar-refractivity contribution >= 4 is 10.0 Å². The first-order valence-corrected chi connectivity index (χ1v) is 6.24. The fourth-order valence-electron chi connectivity index (χ4n) is 0.752. The van der Waals surface area contributed by atoms with Gasteiger partial charge in [-0.25, -0.2) is 13.1 Å². The van der Waals surface area contributed by atoms with Crippen LogP contribution in [0.1, 0.15) is 27.2 Å². The lowest BCUT2D eigenvalue weighted by Crippen LogP contribution is -2.37. The molecule has 4 nitrogen and oxygen atoms in total. The Morgan fingerprint density at radius 2 is 1.85 bits per heavy atom. The summed E-state index contributed by atoms with van der Waals surface area (Å²) in [6.45, 7) is 6.24. The average Bonchev–Trinajstić information content (AvgIpc) is 2.00. The van der Waals surface area contributed by atoms with Gasteiger partial charge in [-0.2, -0.15) is 0 Å². The van der Waals surface area contributed by atoms with E-state index in [1.807, 2.05) is 20.8 Å². The Hall–Kier alpha value is -0.130. The van der Waals surface area contributed by atoms with Gasteiger partial charge in [-0.1, -0.05) is 13.8 Å². The largest absolute Gasteiger partial charge is 0.330 e. The van der Waals surface area contributed by atoms with Crippen LogP contribution in [0.3, 0.4) is 0 Å². The van der Waals surface area contributed by atoms with Crippen LogP contribution in [-0.4, -0.2) is 26.8 Å². The lowest BCUT2D eigenvalue weighted by molar-refractivity contribution is 0.476. The van der Waals surface area contributed by atoms with E-state index < -0.39 is 10.0 Å². The van der Waals surface area contributed by atoms with Gasteiger partial charge in [0.15, 0.2) is 0 Å². The second-order valence-electron chi connectivity index (χ2n) is 3.61. The molecule has 5 heteroatoms. The van der Waals surface area contributed by atoms with Gasteiger partial charge in [-0.3, -0.25) is 0 Å². The van der Waals surface area contributed by atoms with Crippen LogP contribution in [0.2, 0.25) is 0 Å². The van der Waals surface area contributed by atoms with Crippen molar-refractivity contribution in [1.82, 2.24) is 4.72 Å². The zero-order valence-electron chi connectivity index (χ0n) is 8.58. The highest BCUT2D eigenvalue weighted by Gasteiger charge is 2.15. The molecule has 0 radical (unpaired) electrons. The van der Waals surface area contributed by atoms with Gasteiger partial charge in [0, 0.05) is 6.04 Å². The summed E-state index contributed by atoms with van der Waals surface area (Å²) >= 11 is 0. The molecule has 0 aromatic rings. The van der Waals surface area contributed by atoms with Crippen molar-refractivity contribution in [3.63, 3.8) is 0 Å². The molecule has 0 aliphatic rings. The number of rotatable bonds is 6. The Labute approximate surface area is 80.9 Å². The van der Waals surface area contributed by atoms with Gasteiger partial charge >= 0.3 is 0 Å². The Morgan fingerprint density at radius 1 is 1.31 bits per heavy atom. The molecule has 0 aliphatic heterocycles. The van der Waals surface area contributed by atoms with E-state index in [4.69, 9.17) is 5.73 Å². The smallest absolute Gasteiger partial charge is 0.211 e. The van der Waals surface area contributed by atoms with E-state index in [-0.39, 0.29) is 11.8 Å². The standard InChI is InChI=1S/C8H20N2O2S/c1-7(2)8(3)10-13(11,12)6-4-5-9/h7-8,10H,4-6,9H2,1-3H3. The van der Waals surface area contributed by atoms with Gasteiger partial charge in [0.05, 0.1) is 5.75 Å². The molecule has 0 aromatic carbocycles. The molecule has 0 amide bonds. The van der Waals surface area contributed by atoms with Gasteiger partial charge in [0.2, 0.25) is 10.0 Å². The zero-order chi connectivity index (χ0) is 10.5. The summed E-state index contributed by atoms with van der Waals surface area (Å²) in [5.41, 5.74) is 5.23. The molecular weight excluding hydrogens is 188 g/mol. The molecule has 0 heterocycles. The minimum absolute atomic E-state index is 0.0113. The van der Waals surface area contributed by atoms with E-state index >= 15 is 0 Å². The topological polar surface area (TPSA) is 72.2 Å². The summed E-state index contributed by atoms with van der Waals surface area (Å²) in [7, 11) is -3.12. The van der Waals surface area contributed by atoms with E-state index in [0.717, 1.165) is 0 Å². The minimum atomic E-state index is -3.12. The van der Waals surface area contributed by atoms with E-state index in [1.54, 1.807) is 0 Å². The van der Waals surface area contributed by atoms with Gasteiger partial charge in [-0.15, -0.1) is 0 Å². The van der Waals surface area contributed by atoms with Crippen molar-refractivity contribution in [1.29, 1.82) is 0 Å². The van der Waals surface area contributed by atoms with Crippen LogP contribution in [0.25, 0.3) is 0 Å². The highest BCUT2D eigenvalue weighted by atomic mass is 32.2. The second kappa shape index (κ2) is 5.57. The van der Waals surface area contributed by atoms with Crippen LogP contribution in [0, 0.1) is 5.92 Å². The van der Waals surface area contributed by atoms with Crippen molar-refractivity contribution in [3.05, 3.63) is 0 Å². The molecule has 0 aliphatic carbocycles. The number of nitrogens with two attached hydrogens (primary N) is 1. The van der Waals surface area contributed by atoms with Crippen molar-refractivity contribution in [2.24, 2.45) is 11.7 Å². The first-order valence-electron chi connectivity index (χ1n) is 4.59. The van der Waals surface area contributed by atoms with Gasteiger partial charge < -0.3 is 5.73 Å². The molecule has 1 atom stereocenters. The van der Waals surface area contributed by atoms with E-state index in [2.05, 4.69) is 4.72 Å². The van der Waals surface area contributed by atoms with Crippen LogP contribution in [-0.2, 0) is 10.0 Å². The molecule has 80 valence electrons. The normalized spacial score (nSPS) is 14.8. The Morgan fingerprint density at radius 3 is 2.23 bits per heavy atom. The minimum Gasteiger partial charge on any atom is -0.330 e. The summed E-state index contributed by atoms with van der Waals surface area (Å²) < 4.78 is 25.3. The number of nitrogens with one attached hydrogen (secondary N) is 1. The average molecular weight is 208 g/mol. The third-order valence-corrected chi connectivity index (χ3v) is 3.54. The second-order valence-corrected chi connectivity index (χ2v) is 5.49. The van der Waals surface area contributed by atoms with Crippen LogP contribution < -0.4 is 10.5 Å². The number of hydrogen-bond donors (Lipinski definition) is 2. The quantitative estimate of drug-likeness (QED) is 0.659. The Balaban J connectivity index is 4.02. The summed E-state index contributed by atoms with van der Waals surface area (Å²) in [5.74, 6) is 0.438. The summed E-state index contributed by atoms with van der Waals surface area (Å²) in [6.07, 6.45) is 0.514. The zero-order valence-corrected chi connectivity index (χ0v) is 9.39. The highest BCUT2D eigenvalue weighted by molar-refractivity contribution is 7.89. The van der Waals surface area contributed by atoms with Crippen LogP contribution in [0.5, 0.6) is 0 Å². The lowest BCUT2D eigenvalue weighted by Gasteiger charge is -2.17. The molecule has 13 heavy (non-hydrogen) atoms. The SMILES string of the molecule is CC(C)C(C)NS(=O)(=O)CCCN. The van der Waals surface area contributed by atoms with Crippen LogP contribution in [0.4, 0.5) is 0 Å². The van der Waals surface area contributed by atoms with Crippen molar-refractivity contribution in [3.8, 4) is 0 Å². The summed E-state index contributed by atoms with van der Waals surface area (Å²) in [6, 6.07) is -0.0113. The van der Waals surface area contributed by atoms with E-state index in [0.29, 0.717) is 18.9 Å². The van der Waals surface area contributed by atoms with Gasteiger partial charge in [0.1, 0.15) is 0 Å². The van der Waals surface area contributed by atoms with Gasteiger partial charge in [-0.05, 0) is 25.8 Å². The lowest BCUT2D eigenvalue weighted by atomic mass is 10.1. The molecule has 0 rings (SSSR count). The van der Waals surface area contributed by atoms with Crippen LogP contribution >= 0.6 is 0 Å². The molecule has 0 saturated carbocycles. The predicted octanol–water partition coefficient (Wildman–Crippen LogP) is 0.299. The fraction of sp³-hybridized carbons (Fsp3) is 1.00. The molecule has 0 fully saturated rings. The molecular formula is C8H20N2O2S. The number of sulfonamides is 1. The first kappa shape index (κ1) is 12.9. The van der Waals surface area contributed by atoms with Crippen molar-refractivity contribution in [2.75, 3.05) is 12.3 Å². The predicted molar refractivity (Wildman–Crippen MR) is 54.9 cm³/mol. The maximum absolute atomic E-state index is 11.3. The van der Waals surface area contributed by atoms with Crippen molar-refractivity contribution in [2.45, 2.75) is 33.2 Å². The first-order chi connectivity index (χ1) is 5.89.